The lowest BCUT2D eigenvalue weighted by Crippen LogP contribution is -2.46. The maximum absolute atomic E-state index is 13.8. The van der Waals surface area contributed by atoms with Gasteiger partial charge in [0.2, 0.25) is 5.28 Å². The number of hydrogen-bond donors (Lipinski definition) is 1. The molecule has 3 aromatic heterocycles. The Morgan fingerprint density at radius 1 is 0.974 bits per heavy atom. The second-order valence-electron chi connectivity index (χ2n) is 10.2. The third kappa shape index (κ3) is 5.26. The molecule has 1 saturated carbocycles. The quantitative estimate of drug-likeness (QED) is 0.334. The molecule has 0 amide bonds. The van der Waals surface area contributed by atoms with Crippen molar-refractivity contribution in [3.05, 3.63) is 65.8 Å². The van der Waals surface area contributed by atoms with Crippen molar-refractivity contribution in [2.75, 3.05) is 31.6 Å². The molecular formula is C28H31ClN6O3S. The number of fused-ring (bicyclic) bond motifs is 1. The maximum atomic E-state index is 13.8. The lowest BCUT2D eigenvalue weighted by atomic mass is 9.90. The lowest BCUT2D eigenvalue weighted by Gasteiger charge is -2.39. The highest BCUT2D eigenvalue weighted by Gasteiger charge is 2.30. The van der Waals surface area contributed by atoms with Crippen LogP contribution in [0.3, 0.4) is 0 Å². The highest BCUT2D eigenvalue weighted by atomic mass is 35.5. The molecule has 1 aliphatic heterocycles. The van der Waals surface area contributed by atoms with Crippen LogP contribution < -0.4 is 5.32 Å². The van der Waals surface area contributed by atoms with E-state index >= 15 is 0 Å². The van der Waals surface area contributed by atoms with Gasteiger partial charge in [0.05, 0.1) is 23.5 Å². The number of benzene rings is 1. The van der Waals surface area contributed by atoms with Gasteiger partial charge in [-0.05, 0) is 74.0 Å². The molecule has 0 radical (unpaired) electrons. The third-order valence-corrected chi connectivity index (χ3v) is 9.59. The van der Waals surface area contributed by atoms with E-state index in [4.69, 9.17) is 16.3 Å². The highest BCUT2D eigenvalue weighted by Crippen LogP contribution is 2.38. The second kappa shape index (κ2) is 10.8. The van der Waals surface area contributed by atoms with Crippen molar-refractivity contribution in [3.63, 3.8) is 0 Å². The van der Waals surface area contributed by atoms with E-state index < -0.39 is 10.0 Å². The average Bonchev–Trinajstić information content (AvgIpc) is 3.35. The summed E-state index contributed by atoms with van der Waals surface area (Å²) in [6, 6.07) is 11.2. The third-order valence-electron chi connectivity index (χ3n) is 7.76. The summed E-state index contributed by atoms with van der Waals surface area (Å²) in [6.07, 6.45) is 9.11. The number of morpholine rings is 1. The van der Waals surface area contributed by atoms with Gasteiger partial charge in [-0.3, -0.25) is 9.88 Å². The molecule has 1 saturated heterocycles. The van der Waals surface area contributed by atoms with Crippen molar-refractivity contribution < 1.29 is 13.2 Å². The molecule has 0 unspecified atom stereocenters. The minimum Gasteiger partial charge on any atom is -0.379 e. The zero-order valence-electron chi connectivity index (χ0n) is 21.8. The van der Waals surface area contributed by atoms with Gasteiger partial charge in [0.15, 0.2) is 5.65 Å². The van der Waals surface area contributed by atoms with Crippen LogP contribution in [0.25, 0.3) is 22.2 Å². The van der Waals surface area contributed by atoms with Crippen LogP contribution in [0.15, 0.2) is 59.9 Å². The Labute approximate surface area is 233 Å². The standard InChI is InChI=1S/C28H31ClN6O3S/c1-19-2-8-23(9-3-19)39(36,37)35-18-24(20-10-12-30-13-11-20)25-26(32-28(29)33-27(25)35)31-21-4-6-22(7-5-21)34-14-16-38-17-15-34/h2-3,8-13,18,21-22H,4-7,14-17H2,1H3,(H,31,32,33). The summed E-state index contributed by atoms with van der Waals surface area (Å²) in [7, 11) is -3.95. The molecule has 6 rings (SSSR count). The van der Waals surface area contributed by atoms with Gasteiger partial charge in [0, 0.05) is 49.3 Å². The first kappa shape index (κ1) is 26.2. The minimum absolute atomic E-state index is 0.00765. The molecule has 11 heteroatoms. The fourth-order valence-corrected chi connectivity index (χ4v) is 7.13. The molecule has 9 nitrogen and oxygen atoms in total. The summed E-state index contributed by atoms with van der Waals surface area (Å²) in [4.78, 5) is 15.8. The van der Waals surface area contributed by atoms with Gasteiger partial charge in [0.25, 0.3) is 10.0 Å². The molecule has 1 aromatic carbocycles. The van der Waals surface area contributed by atoms with Gasteiger partial charge in [-0.25, -0.2) is 17.4 Å². The summed E-state index contributed by atoms with van der Waals surface area (Å²) >= 11 is 6.41. The molecule has 1 aliphatic carbocycles. The number of hydrogen-bond acceptors (Lipinski definition) is 8. The van der Waals surface area contributed by atoms with Crippen molar-refractivity contribution in [2.45, 2.75) is 49.6 Å². The van der Waals surface area contributed by atoms with E-state index in [-0.39, 0.29) is 21.9 Å². The lowest BCUT2D eigenvalue weighted by molar-refractivity contribution is 0.00791. The van der Waals surface area contributed by atoms with Crippen LogP contribution in [-0.4, -0.2) is 70.6 Å². The predicted molar refractivity (Wildman–Crippen MR) is 152 cm³/mol. The van der Waals surface area contributed by atoms with Gasteiger partial charge in [-0.15, -0.1) is 0 Å². The van der Waals surface area contributed by atoms with Crippen molar-refractivity contribution in [1.82, 2.24) is 23.8 Å². The molecule has 0 atom stereocenters. The van der Waals surface area contributed by atoms with Crippen LogP contribution >= 0.6 is 11.6 Å². The van der Waals surface area contributed by atoms with Gasteiger partial charge in [0.1, 0.15) is 5.82 Å². The maximum Gasteiger partial charge on any atom is 0.269 e. The van der Waals surface area contributed by atoms with Crippen molar-refractivity contribution in [1.29, 1.82) is 0 Å². The summed E-state index contributed by atoms with van der Waals surface area (Å²) in [5.74, 6) is 0.546. The largest absolute Gasteiger partial charge is 0.379 e. The van der Waals surface area contributed by atoms with Crippen LogP contribution in [0.4, 0.5) is 5.82 Å². The number of aromatic nitrogens is 4. The summed E-state index contributed by atoms with van der Waals surface area (Å²) in [5.41, 5.74) is 2.73. The highest BCUT2D eigenvalue weighted by molar-refractivity contribution is 7.90. The van der Waals surface area contributed by atoms with E-state index in [1.807, 2.05) is 19.1 Å². The summed E-state index contributed by atoms with van der Waals surface area (Å²) in [6.45, 7) is 5.50. The van der Waals surface area contributed by atoms with E-state index in [1.54, 1.807) is 42.9 Å². The fraction of sp³-hybridized carbons (Fsp3) is 0.393. The first-order chi connectivity index (χ1) is 18.9. The van der Waals surface area contributed by atoms with E-state index in [0.717, 1.165) is 63.1 Å². The predicted octanol–water partition coefficient (Wildman–Crippen LogP) is 4.75. The van der Waals surface area contributed by atoms with E-state index in [9.17, 15) is 8.42 Å². The SMILES string of the molecule is Cc1ccc(S(=O)(=O)n2cc(-c3ccncc3)c3c(NC4CCC(N5CCOCC5)CC4)nc(Cl)nc32)cc1. The molecule has 4 aromatic rings. The van der Waals surface area contributed by atoms with E-state index in [1.165, 1.54) is 3.97 Å². The van der Waals surface area contributed by atoms with E-state index in [0.29, 0.717) is 22.8 Å². The Kier molecular flexibility index (Phi) is 7.28. The zero-order chi connectivity index (χ0) is 27.0. The molecule has 39 heavy (non-hydrogen) atoms. The van der Waals surface area contributed by atoms with Crippen molar-refractivity contribution in [3.8, 4) is 11.1 Å². The number of anilines is 1. The molecule has 204 valence electrons. The molecule has 2 fully saturated rings. The Morgan fingerprint density at radius 3 is 2.36 bits per heavy atom. The summed E-state index contributed by atoms with van der Waals surface area (Å²) in [5, 5.41) is 4.22. The number of aryl methyl sites for hydroxylation is 1. The molecule has 0 bridgehead atoms. The molecule has 0 spiro atoms. The normalized spacial score (nSPS) is 20.8. The van der Waals surface area contributed by atoms with Gasteiger partial charge < -0.3 is 10.1 Å². The number of nitrogens with zero attached hydrogens (tertiary/aromatic N) is 5. The van der Waals surface area contributed by atoms with E-state index in [2.05, 4.69) is 25.2 Å². The first-order valence-corrected chi connectivity index (χ1v) is 15.1. The first-order valence-electron chi connectivity index (χ1n) is 13.3. The Bertz CT molecular complexity index is 1560. The molecule has 2 aliphatic rings. The molecule has 4 heterocycles. The molecule has 1 N–H and O–H groups in total. The van der Waals surface area contributed by atoms with Gasteiger partial charge in [-0.2, -0.15) is 4.98 Å². The van der Waals surface area contributed by atoms with Gasteiger partial charge in [-0.1, -0.05) is 17.7 Å². The smallest absolute Gasteiger partial charge is 0.269 e. The Balaban J connectivity index is 1.39. The Morgan fingerprint density at radius 2 is 1.67 bits per heavy atom. The van der Waals surface area contributed by atoms with Gasteiger partial charge >= 0.3 is 0 Å². The monoisotopic (exact) mass is 566 g/mol. The molecular weight excluding hydrogens is 536 g/mol. The fourth-order valence-electron chi connectivity index (χ4n) is 5.66. The number of nitrogens with one attached hydrogen (secondary N) is 1. The second-order valence-corrected chi connectivity index (χ2v) is 12.4. The minimum atomic E-state index is -3.95. The average molecular weight is 567 g/mol. The van der Waals surface area contributed by atoms with Crippen LogP contribution in [0.1, 0.15) is 31.2 Å². The zero-order valence-corrected chi connectivity index (χ0v) is 23.3. The van der Waals surface area contributed by atoms with Crippen LogP contribution in [0.5, 0.6) is 0 Å². The number of pyridine rings is 1. The Hall–Kier alpha value is -3.05. The summed E-state index contributed by atoms with van der Waals surface area (Å²) < 4.78 is 34.4. The van der Waals surface area contributed by atoms with Crippen LogP contribution in [0, 0.1) is 6.92 Å². The number of halogens is 1. The number of ether oxygens (including phenoxy) is 1. The van der Waals surface area contributed by atoms with Crippen molar-refractivity contribution >= 4 is 38.5 Å². The van der Waals surface area contributed by atoms with Crippen LogP contribution in [-0.2, 0) is 14.8 Å². The topological polar surface area (TPSA) is 102 Å². The number of rotatable bonds is 6. The van der Waals surface area contributed by atoms with Crippen LogP contribution in [0.2, 0.25) is 5.28 Å². The van der Waals surface area contributed by atoms with Crippen molar-refractivity contribution in [2.24, 2.45) is 0 Å².